The number of fused-ring (bicyclic) bond motifs is 1. The zero-order valence-electron chi connectivity index (χ0n) is 4.50. The zero-order valence-corrected chi connectivity index (χ0v) is 5.32. The van der Waals surface area contributed by atoms with Gasteiger partial charge in [0.2, 0.25) is 0 Å². The lowest BCUT2D eigenvalue weighted by Gasteiger charge is -1.88. The summed E-state index contributed by atoms with van der Waals surface area (Å²) < 4.78 is 21.6. The highest BCUT2D eigenvalue weighted by Crippen LogP contribution is 2.46. The minimum absolute atomic E-state index is 0.0995. The van der Waals surface area contributed by atoms with E-state index in [0.29, 0.717) is 11.7 Å². The first-order valence-corrected chi connectivity index (χ1v) is 4.63. The van der Waals surface area contributed by atoms with Crippen molar-refractivity contribution in [2.45, 2.75) is 18.1 Å². The van der Waals surface area contributed by atoms with E-state index < -0.39 is 9.84 Å². The summed E-state index contributed by atoms with van der Waals surface area (Å²) >= 11 is 0. The molecule has 1 aliphatic heterocycles. The van der Waals surface area contributed by atoms with Crippen LogP contribution in [0.1, 0.15) is 12.8 Å². The van der Waals surface area contributed by atoms with E-state index in [-0.39, 0.29) is 5.25 Å². The molecule has 0 amide bonds. The molecule has 3 heteroatoms. The van der Waals surface area contributed by atoms with Gasteiger partial charge in [-0.1, -0.05) is 0 Å². The molecule has 0 unspecified atom stereocenters. The molecule has 1 aliphatic carbocycles. The van der Waals surface area contributed by atoms with Crippen molar-refractivity contribution in [1.82, 2.24) is 0 Å². The Morgan fingerprint density at radius 2 is 2.12 bits per heavy atom. The summed E-state index contributed by atoms with van der Waals surface area (Å²) in [6, 6.07) is 0. The summed E-state index contributed by atoms with van der Waals surface area (Å²) in [5, 5.41) is 0.0995. The number of sulfone groups is 1. The van der Waals surface area contributed by atoms with Crippen molar-refractivity contribution < 1.29 is 8.42 Å². The molecular formula is C5H8O2S. The first kappa shape index (κ1) is 4.79. The normalized spacial score (nSPS) is 48.5. The monoisotopic (exact) mass is 132 g/mol. The Bertz CT molecular complexity index is 204. The first-order valence-electron chi connectivity index (χ1n) is 2.92. The van der Waals surface area contributed by atoms with E-state index in [9.17, 15) is 8.42 Å². The van der Waals surface area contributed by atoms with Crippen LogP contribution in [0.5, 0.6) is 0 Å². The highest BCUT2D eigenvalue weighted by molar-refractivity contribution is 7.92. The summed E-state index contributed by atoms with van der Waals surface area (Å²) in [6.45, 7) is 0. The Morgan fingerprint density at radius 1 is 1.38 bits per heavy atom. The van der Waals surface area contributed by atoms with Crippen LogP contribution in [0.2, 0.25) is 0 Å². The molecule has 0 aromatic rings. The lowest BCUT2D eigenvalue weighted by Crippen LogP contribution is -2.04. The molecule has 46 valence electrons. The topological polar surface area (TPSA) is 34.1 Å². The van der Waals surface area contributed by atoms with Crippen LogP contribution in [-0.2, 0) is 9.84 Å². The molecule has 2 nitrogen and oxygen atoms in total. The molecule has 1 saturated carbocycles. The van der Waals surface area contributed by atoms with Gasteiger partial charge >= 0.3 is 0 Å². The summed E-state index contributed by atoms with van der Waals surface area (Å²) in [5.41, 5.74) is 0. The van der Waals surface area contributed by atoms with Gasteiger partial charge in [-0.15, -0.1) is 0 Å². The van der Waals surface area contributed by atoms with Crippen LogP contribution in [0.25, 0.3) is 0 Å². The minimum Gasteiger partial charge on any atom is -0.229 e. The molecule has 1 saturated heterocycles. The lowest BCUT2D eigenvalue weighted by atomic mass is 10.3. The molecule has 0 radical (unpaired) electrons. The highest BCUT2D eigenvalue weighted by Gasteiger charge is 2.52. The molecule has 0 bridgehead atoms. The van der Waals surface area contributed by atoms with Gasteiger partial charge in [-0.05, 0) is 18.8 Å². The number of hydrogen-bond donors (Lipinski definition) is 0. The second-order valence-corrected chi connectivity index (χ2v) is 5.03. The van der Waals surface area contributed by atoms with Crippen molar-refractivity contribution >= 4 is 9.84 Å². The zero-order chi connectivity index (χ0) is 5.78. The number of rotatable bonds is 0. The Hall–Kier alpha value is -0.0500. The third-order valence-electron chi connectivity index (χ3n) is 2.09. The minimum atomic E-state index is -2.55. The number of hydrogen-bond acceptors (Lipinski definition) is 2. The van der Waals surface area contributed by atoms with Gasteiger partial charge in [0.15, 0.2) is 9.84 Å². The van der Waals surface area contributed by atoms with E-state index in [1.165, 1.54) is 0 Å². The average molecular weight is 132 g/mol. The van der Waals surface area contributed by atoms with Crippen molar-refractivity contribution in [1.29, 1.82) is 0 Å². The Morgan fingerprint density at radius 3 is 2.25 bits per heavy atom. The lowest BCUT2D eigenvalue weighted by molar-refractivity contribution is 0.598. The van der Waals surface area contributed by atoms with Gasteiger partial charge in [-0.2, -0.15) is 0 Å². The molecular weight excluding hydrogens is 124 g/mol. The van der Waals surface area contributed by atoms with Gasteiger partial charge in [0.1, 0.15) is 0 Å². The van der Waals surface area contributed by atoms with Gasteiger partial charge in [0.25, 0.3) is 0 Å². The van der Waals surface area contributed by atoms with Crippen molar-refractivity contribution in [2.75, 3.05) is 5.75 Å². The molecule has 0 aromatic heterocycles. The predicted octanol–water partition coefficient (Wildman–Crippen LogP) is 0.193. The van der Waals surface area contributed by atoms with E-state index in [1.54, 1.807) is 0 Å². The second kappa shape index (κ2) is 1.10. The van der Waals surface area contributed by atoms with Gasteiger partial charge in [0, 0.05) is 0 Å². The van der Waals surface area contributed by atoms with Gasteiger partial charge in [-0.25, -0.2) is 8.42 Å². The summed E-state index contributed by atoms with van der Waals surface area (Å²) in [7, 11) is -2.55. The molecule has 8 heavy (non-hydrogen) atoms. The fourth-order valence-corrected chi connectivity index (χ4v) is 3.63. The van der Waals surface area contributed by atoms with Crippen molar-refractivity contribution in [3.8, 4) is 0 Å². The Kier molecular flexibility index (Phi) is 0.660. The standard InChI is InChI=1S/C5H8O2S/c6-8(7)2-1-4-3-5(4)8/h4-5H,1-3H2/t4-,5-/m0/s1. The first-order chi connectivity index (χ1) is 3.70. The third-order valence-corrected chi connectivity index (χ3v) is 4.40. The fourth-order valence-electron chi connectivity index (χ4n) is 1.43. The third kappa shape index (κ3) is 0.452. The van der Waals surface area contributed by atoms with E-state index in [0.717, 1.165) is 12.8 Å². The van der Waals surface area contributed by atoms with E-state index in [1.807, 2.05) is 0 Å². The maximum Gasteiger partial charge on any atom is 0.153 e. The van der Waals surface area contributed by atoms with E-state index in [2.05, 4.69) is 0 Å². The van der Waals surface area contributed by atoms with E-state index in [4.69, 9.17) is 0 Å². The predicted molar refractivity (Wildman–Crippen MR) is 30.3 cm³/mol. The van der Waals surface area contributed by atoms with Crippen LogP contribution in [0.15, 0.2) is 0 Å². The average Bonchev–Trinajstić information content (AvgIpc) is 2.34. The van der Waals surface area contributed by atoms with Gasteiger partial charge in [0.05, 0.1) is 11.0 Å². The molecule has 2 atom stereocenters. The molecule has 2 fully saturated rings. The van der Waals surface area contributed by atoms with Crippen LogP contribution in [0.3, 0.4) is 0 Å². The van der Waals surface area contributed by atoms with Crippen molar-refractivity contribution in [2.24, 2.45) is 5.92 Å². The van der Waals surface area contributed by atoms with Crippen LogP contribution < -0.4 is 0 Å². The van der Waals surface area contributed by atoms with E-state index >= 15 is 0 Å². The van der Waals surface area contributed by atoms with Crippen LogP contribution in [0.4, 0.5) is 0 Å². The van der Waals surface area contributed by atoms with Crippen LogP contribution >= 0.6 is 0 Å². The summed E-state index contributed by atoms with van der Waals surface area (Å²) in [5.74, 6) is 1.03. The van der Waals surface area contributed by atoms with Crippen LogP contribution in [-0.4, -0.2) is 19.4 Å². The second-order valence-electron chi connectivity index (χ2n) is 2.69. The van der Waals surface area contributed by atoms with Gasteiger partial charge < -0.3 is 0 Å². The maximum absolute atomic E-state index is 10.8. The Balaban J connectivity index is 2.42. The van der Waals surface area contributed by atoms with Gasteiger partial charge in [-0.3, -0.25) is 0 Å². The molecule has 2 rings (SSSR count). The quantitative estimate of drug-likeness (QED) is 0.471. The summed E-state index contributed by atoms with van der Waals surface area (Å²) in [4.78, 5) is 0. The molecule has 0 spiro atoms. The smallest absolute Gasteiger partial charge is 0.153 e. The highest BCUT2D eigenvalue weighted by atomic mass is 32.2. The SMILES string of the molecule is O=S1(=O)CC[C@H]2C[C@@H]21. The fraction of sp³-hybridized carbons (Fsp3) is 1.00. The largest absolute Gasteiger partial charge is 0.229 e. The molecule has 0 N–H and O–H groups in total. The van der Waals surface area contributed by atoms with Crippen LogP contribution in [0, 0.1) is 5.92 Å². The summed E-state index contributed by atoms with van der Waals surface area (Å²) in [6.07, 6.45) is 1.90. The molecule has 1 heterocycles. The molecule has 0 aromatic carbocycles. The Labute approximate surface area is 48.8 Å². The molecule has 2 aliphatic rings. The van der Waals surface area contributed by atoms with Crippen molar-refractivity contribution in [3.63, 3.8) is 0 Å². The van der Waals surface area contributed by atoms with Crippen molar-refractivity contribution in [3.05, 3.63) is 0 Å². The maximum atomic E-state index is 10.8.